The average Bonchev–Trinajstić information content (AvgIpc) is 3.19. The Morgan fingerprint density at radius 2 is 2.12 bits per heavy atom. The van der Waals surface area contributed by atoms with Crippen LogP contribution in [0.4, 0.5) is 0 Å². The summed E-state index contributed by atoms with van der Waals surface area (Å²) < 4.78 is 7.95. The van der Waals surface area contributed by atoms with Crippen LogP contribution in [0.5, 0.6) is 5.88 Å². The van der Waals surface area contributed by atoms with Crippen molar-refractivity contribution in [2.24, 2.45) is 0 Å². The summed E-state index contributed by atoms with van der Waals surface area (Å²) in [7, 11) is 1.24. The first-order chi connectivity index (χ1) is 12.5. The lowest BCUT2D eigenvalue weighted by molar-refractivity contribution is -0.279. The number of fused-ring (bicyclic) bond motifs is 2. The second kappa shape index (κ2) is 5.95. The summed E-state index contributed by atoms with van der Waals surface area (Å²) in [4.78, 5) is 28.9. The Balaban J connectivity index is 1.92. The van der Waals surface area contributed by atoms with Gasteiger partial charge in [0.2, 0.25) is 5.13 Å². The smallest absolute Gasteiger partial charge is 0.325 e. The molecule has 2 aliphatic heterocycles. The van der Waals surface area contributed by atoms with Crippen LogP contribution in [0.2, 0.25) is 0 Å². The number of pyridine rings is 1. The third-order valence-corrected chi connectivity index (χ3v) is 5.15. The summed E-state index contributed by atoms with van der Waals surface area (Å²) in [6, 6.07) is 8.78. The summed E-state index contributed by atoms with van der Waals surface area (Å²) in [6.07, 6.45) is 0. The number of carbonyl (C=O) groups is 1. The number of esters is 1. The number of benzene rings is 1. The molecule has 8 nitrogen and oxygen atoms in total. The highest BCUT2D eigenvalue weighted by molar-refractivity contribution is 7.20. The van der Waals surface area contributed by atoms with E-state index in [0.29, 0.717) is 10.8 Å². The highest BCUT2D eigenvalue weighted by Gasteiger charge is 2.22. The maximum atomic E-state index is 12.9. The minimum absolute atomic E-state index is 0.261. The summed E-state index contributed by atoms with van der Waals surface area (Å²) in [5.41, 5.74) is 1.32. The molecular formula is C17H13N4O4S-. The van der Waals surface area contributed by atoms with Gasteiger partial charge in [0.15, 0.2) is 0 Å². The second-order valence-electron chi connectivity index (χ2n) is 5.67. The first-order valence-electron chi connectivity index (χ1n) is 7.72. The van der Waals surface area contributed by atoms with Crippen LogP contribution in [0.15, 0.2) is 35.1 Å². The lowest BCUT2D eigenvalue weighted by Crippen LogP contribution is -2.21. The third-order valence-electron chi connectivity index (χ3n) is 4.14. The summed E-state index contributed by atoms with van der Waals surface area (Å²) in [5.74, 6) is -0.991. The third kappa shape index (κ3) is 2.44. The van der Waals surface area contributed by atoms with Crippen molar-refractivity contribution in [1.29, 1.82) is 0 Å². The molecule has 0 spiro atoms. The Morgan fingerprint density at radius 3 is 2.85 bits per heavy atom. The fourth-order valence-corrected chi connectivity index (χ4v) is 3.74. The van der Waals surface area contributed by atoms with Crippen molar-refractivity contribution in [2.75, 3.05) is 7.11 Å². The molecule has 0 fully saturated rings. The van der Waals surface area contributed by atoms with E-state index >= 15 is 0 Å². The first kappa shape index (κ1) is 16.3. The lowest BCUT2D eigenvalue weighted by atomic mass is 10.1. The molecule has 1 aromatic heterocycles. The molecule has 26 heavy (non-hydrogen) atoms. The predicted octanol–water partition coefficient (Wildman–Crippen LogP) is 1.30. The van der Waals surface area contributed by atoms with Gasteiger partial charge in [0.25, 0.3) is 5.56 Å². The van der Waals surface area contributed by atoms with E-state index in [0.717, 1.165) is 10.2 Å². The van der Waals surface area contributed by atoms with Gasteiger partial charge in [-0.05, 0) is 31.0 Å². The summed E-state index contributed by atoms with van der Waals surface area (Å²) in [6.45, 7) is 1.35. The molecule has 0 atom stereocenters. The molecular weight excluding hydrogens is 356 g/mol. The van der Waals surface area contributed by atoms with Crippen LogP contribution in [0.1, 0.15) is 5.69 Å². The van der Waals surface area contributed by atoms with Crippen LogP contribution in [0.3, 0.4) is 0 Å². The SMILES string of the molecule is COC(=O)Cn1c([O-])cc2nn(-c3nc4ccccc4s3)c(=O)c-2c1C. The number of rotatable bonds is 3. The van der Waals surface area contributed by atoms with Gasteiger partial charge in [0, 0.05) is 5.69 Å². The van der Waals surface area contributed by atoms with Crippen molar-refractivity contribution in [3.05, 3.63) is 46.4 Å². The summed E-state index contributed by atoms with van der Waals surface area (Å²) >= 11 is 1.34. The topological polar surface area (TPSA) is 102 Å². The zero-order valence-corrected chi connectivity index (χ0v) is 14.7. The van der Waals surface area contributed by atoms with Crippen molar-refractivity contribution in [3.8, 4) is 22.3 Å². The van der Waals surface area contributed by atoms with E-state index in [-0.39, 0.29) is 23.4 Å². The normalized spacial score (nSPS) is 11.3. The molecule has 0 amide bonds. The maximum Gasteiger partial charge on any atom is 0.325 e. The molecule has 1 aromatic carbocycles. The highest BCUT2D eigenvalue weighted by atomic mass is 32.1. The molecule has 0 saturated heterocycles. The van der Waals surface area contributed by atoms with Crippen LogP contribution < -0.4 is 10.7 Å². The minimum atomic E-state index is -0.569. The molecule has 0 unspecified atom stereocenters. The highest BCUT2D eigenvalue weighted by Crippen LogP contribution is 2.28. The summed E-state index contributed by atoms with van der Waals surface area (Å²) in [5, 5.41) is 17.0. The second-order valence-corrected chi connectivity index (χ2v) is 6.68. The van der Waals surface area contributed by atoms with Gasteiger partial charge in [-0.15, -0.1) is 0 Å². The van der Waals surface area contributed by atoms with Gasteiger partial charge in [-0.3, -0.25) is 9.59 Å². The van der Waals surface area contributed by atoms with Gasteiger partial charge in [-0.2, -0.15) is 9.78 Å². The fourth-order valence-electron chi connectivity index (χ4n) is 2.83. The Labute approximate surface area is 151 Å². The molecule has 4 rings (SSSR count). The Morgan fingerprint density at radius 1 is 1.35 bits per heavy atom. The number of hydrogen-bond donors (Lipinski definition) is 0. The molecule has 3 heterocycles. The van der Waals surface area contributed by atoms with E-state index in [2.05, 4.69) is 14.8 Å². The fraction of sp³-hybridized carbons (Fsp3) is 0.176. The maximum absolute atomic E-state index is 12.9. The van der Waals surface area contributed by atoms with E-state index in [1.807, 2.05) is 24.3 Å². The molecule has 132 valence electrons. The van der Waals surface area contributed by atoms with E-state index in [9.17, 15) is 14.7 Å². The van der Waals surface area contributed by atoms with Gasteiger partial charge in [-0.1, -0.05) is 23.5 Å². The van der Waals surface area contributed by atoms with Crippen molar-refractivity contribution in [3.63, 3.8) is 0 Å². The van der Waals surface area contributed by atoms with Gasteiger partial charge in [-0.25, -0.2) is 4.98 Å². The Hall–Kier alpha value is -3.20. The van der Waals surface area contributed by atoms with Crippen LogP contribution in [-0.2, 0) is 16.1 Å². The van der Waals surface area contributed by atoms with Crippen molar-refractivity contribution >= 4 is 27.5 Å². The van der Waals surface area contributed by atoms with Gasteiger partial charge >= 0.3 is 5.97 Å². The monoisotopic (exact) mass is 369 g/mol. The van der Waals surface area contributed by atoms with Crippen LogP contribution in [0.25, 0.3) is 26.6 Å². The van der Waals surface area contributed by atoms with E-state index in [1.54, 1.807) is 6.92 Å². The molecule has 0 radical (unpaired) electrons. The molecule has 0 aliphatic carbocycles. The number of thiazole rings is 1. The van der Waals surface area contributed by atoms with Crippen molar-refractivity contribution in [2.45, 2.75) is 13.5 Å². The number of carbonyl (C=O) groups excluding carboxylic acids is 1. The number of hydrogen-bond acceptors (Lipinski definition) is 7. The number of aromatic nitrogens is 4. The van der Waals surface area contributed by atoms with Crippen LogP contribution in [0, 0.1) is 6.92 Å². The van der Waals surface area contributed by atoms with Gasteiger partial charge in [0.05, 0.1) is 28.6 Å². The molecule has 2 aromatic rings. The number of ether oxygens (including phenoxy) is 1. The van der Waals surface area contributed by atoms with Gasteiger partial charge < -0.3 is 14.4 Å². The lowest BCUT2D eigenvalue weighted by Gasteiger charge is -2.21. The van der Waals surface area contributed by atoms with Crippen molar-refractivity contribution < 1.29 is 14.6 Å². The molecule has 2 aliphatic rings. The largest absolute Gasteiger partial charge is 0.860 e. The molecule has 9 heteroatoms. The van der Waals surface area contributed by atoms with E-state index in [4.69, 9.17) is 0 Å². The van der Waals surface area contributed by atoms with Crippen LogP contribution >= 0.6 is 11.3 Å². The Kier molecular flexibility index (Phi) is 3.73. The number of nitrogens with zero attached hydrogens (tertiary/aromatic N) is 4. The average molecular weight is 369 g/mol. The molecule has 0 saturated carbocycles. The quantitative estimate of drug-likeness (QED) is 0.505. The minimum Gasteiger partial charge on any atom is -0.860 e. The Bertz CT molecular complexity index is 1140. The number of para-hydroxylation sites is 1. The zero-order chi connectivity index (χ0) is 18.4. The van der Waals surface area contributed by atoms with Gasteiger partial charge in [0.1, 0.15) is 6.54 Å². The number of methoxy groups -OCH3 is 1. The predicted molar refractivity (Wildman–Crippen MR) is 93.8 cm³/mol. The zero-order valence-electron chi connectivity index (χ0n) is 13.9. The van der Waals surface area contributed by atoms with Crippen molar-refractivity contribution in [1.82, 2.24) is 19.3 Å². The first-order valence-corrected chi connectivity index (χ1v) is 8.54. The molecule has 0 bridgehead atoms. The van der Waals surface area contributed by atoms with Crippen LogP contribution in [-0.4, -0.2) is 32.4 Å². The van der Waals surface area contributed by atoms with E-state index in [1.165, 1.54) is 33.8 Å². The van der Waals surface area contributed by atoms with E-state index < -0.39 is 11.8 Å². The molecule has 0 N–H and O–H groups in total. The standard InChI is InChI=1S/C17H14N4O4S/c1-9-15-11(7-13(22)20(9)8-14(23)25-2)19-21(16(15)24)17-18-10-5-3-4-6-12(10)26-17/h3-7,22H,8H2,1-2H3/p-1.